The Labute approximate surface area is 204 Å². The summed E-state index contributed by atoms with van der Waals surface area (Å²) in [6.07, 6.45) is -1.24. The molecule has 1 atom stereocenters. The first-order chi connectivity index (χ1) is 15.6. The molecule has 34 heavy (non-hydrogen) atoms. The Bertz CT molecular complexity index is 1080. The third-order valence-corrected chi connectivity index (χ3v) is 4.79. The minimum absolute atomic E-state index is 0. The van der Waals surface area contributed by atoms with Crippen molar-refractivity contribution in [3.05, 3.63) is 47.4 Å². The summed E-state index contributed by atoms with van der Waals surface area (Å²) in [5.74, 6) is -2.97. The summed E-state index contributed by atoms with van der Waals surface area (Å²) in [6, 6.07) is 1.28. The first-order valence-corrected chi connectivity index (χ1v) is 10.2. The molecular formula is C20H21Cl2F5N6O. The molecule has 0 aliphatic rings. The maximum Gasteiger partial charge on any atom is 1.00 e. The van der Waals surface area contributed by atoms with Gasteiger partial charge in [0.1, 0.15) is 34.4 Å². The Morgan fingerprint density at radius 3 is 2.41 bits per heavy atom. The highest BCUT2D eigenvalue weighted by Gasteiger charge is 2.37. The average Bonchev–Trinajstić information content (AvgIpc) is 3.26. The molecule has 1 aromatic carbocycles. The lowest BCUT2D eigenvalue weighted by Gasteiger charge is -2.21. The van der Waals surface area contributed by atoms with Gasteiger partial charge in [0.25, 0.3) is 5.95 Å². The fourth-order valence-corrected chi connectivity index (χ4v) is 3.10. The van der Waals surface area contributed by atoms with Crippen LogP contribution in [0.15, 0.2) is 30.6 Å². The van der Waals surface area contributed by atoms with Crippen LogP contribution >= 0.6 is 11.6 Å². The van der Waals surface area contributed by atoms with Crippen LogP contribution in [0.3, 0.4) is 0 Å². The van der Waals surface area contributed by atoms with Crippen molar-refractivity contribution in [3.8, 4) is 22.8 Å². The number of alkyl halides is 3. The first kappa shape index (κ1) is 27.5. The van der Waals surface area contributed by atoms with E-state index in [4.69, 9.17) is 16.3 Å². The van der Waals surface area contributed by atoms with E-state index in [1.165, 1.54) is 18.5 Å². The molecule has 0 bridgehead atoms. The minimum Gasteiger partial charge on any atom is -1.00 e. The summed E-state index contributed by atoms with van der Waals surface area (Å²) in [6.45, 7) is 1.69. The van der Waals surface area contributed by atoms with Crippen molar-refractivity contribution in [2.24, 2.45) is 0 Å². The molecule has 2 heterocycles. The van der Waals surface area contributed by atoms with Gasteiger partial charge in [0.2, 0.25) is 0 Å². The smallest absolute Gasteiger partial charge is 1.00 e. The van der Waals surface area contributed by atoms with Gasteiger partial charge in [-0.1, -0.05) is 11.6 Å². The third-order valence-electron chi connectivity index (χ3n) is 4.51. The molecule has 2 aromatic heterocycles. The molecule has 0 aliphatic carbocycles. The van der Waals surface area contributed by atoms with E-state index in [1.54, 1.807) is 7.05 Å². The molecular weight excluding hydrogens is 506 g/mol. The van der Waals surface area contributed by atoms with E-state index >= 15 is 0 Å². The number of hydrogen-bond donors (Lipinski definition) is 2. The number of aromatic nitrogens is 4. The number of rotatable bonds is 9. The van der Waals surface area contributed by atoms with Crippen LogP contribution in [0.1, 0.15) is 14.8 Å². The molecule has 0 aliphatic heterocycles. The lowest BCUT2D eigenvalue weighted by atomic mass is 10.1. The van der Waals surface area contributed by atoms with Crippen molar-refractivity contribution in [2.75, 3.05) is 25.5 Å². The van der Waals surface area contributed by atoms with E-state index in [2.05, 4.69) is 25.7 Å². The molecule has 0 saturated heterocycles. The van der Waals surface area contributed by atoms with Crippen molar-refractivity contribution in [1.82, 2.24) is 25.1 Å². The molecule has 0 amide bonds. The highest BCUT2D eigenvalue weighted by Crippen LogP contribution is 2.39. The molecule has 2 N–H and O–H groups in total. The van der Waals surface area contributed by atoms with Gasteiger partial charge in [-0.3, -0.25) is 0 Å². The molecule has 7 nitrogen and oxygen atoms in total. The van der Waals surface area contributed by atoms with Gasteiger partial charge in [0.05, 0.1) is 17.7 Å². The molecule has 0 radical (unpaired) electrons. The van der Waals surface area contributed by atoms with Gasteiger partial charge < -0.3 is 27.8 Å². The van der Waals surface area contributed by atoms with Gasteiger partial charge in [-0.15, -0.1) is 0 Å². The minimum atomic E-state index is -4.66. The largest absolute Gasteiger partial charge is 1.00 e. The predicted molar refractivity (Wildman–Crippen MR) is 114 cm³/mol. The van der Waals surface area contributed by atoms with Gasteiger partial charge in [-0.25, -0.2) is 13.5 Å². The second-order valence-electron chi connectivity index (χ2n) is 6.96. The van der Waals surface area contributed by atoms with Crippen LogP contribution in [0, 0.1) is 11.6 Å². The Kier molecular flexibility index (Phi) is 9.42. The standard InChI is InChI=1S/C20H20ClF5N6O.ClH/c1-11(20(24,25)26)29-18-16(17(21)30-19(31-18)32-7-3-6-28-32)15-13(22)9-12(10-14(15)23)33-8-4-5-27-2;/h3,6-7,9-11,27H,4-5,8H2,1-2H3,(H,29,30,31);1H/t11-;/m0./s1. The zero-order chi connectivity index (χ0) is 24.2. The fraction of sp³-hybridized carbons (Fsp3) is 0.350. The number of hydrogen-bond acceptors (Lipinski definition) is 6. The van der Waals surface area contributed by atoms with Crippen LogP contribution in [0.2, 0.25) is 5.15 Å². The lowest BCUT2D eigenvalue weighted by molar-refractivity contribution is -0.138. The summed E-state index contributed by atoms with van der Waals surface area (Å²) in [5.41, 5.74) is -1.15. The molecule has 3 rings (SSSR count). The summed E-state index contributed by atoms with van der Waals surface area (Å²) >= 11 is 6.20. The molecule has 14 heteroatoms. The highest BCUT2D eigenvalue weighted by atomic mass is 35.5. The Balaban J connectivity index is 0.00000306. The van der Waals surface area contributed by atoms with Crippen LogP contribution in [-0.4, -0.2) is 52.2 Å². The van der Waals surface area contributed by atoms with Crippen molar-refractivity contribution in [2.45, 2.75) is 25.6 Å². The monoisotopic (exact) mass is 526 g/mol. The Hall–Kier alpha value is -2.70. The Morgan fingerprint density at radius 2 is 1.85 bits per heavy atom. The number of anilines is 1. The van der Waals surface area contributed by atoms with Crippen LogP contribution in [0.25, 0.3) is 17.1 Å². The maximum absolute atomic E-state index is 15.0. The molecule has 0 unspecified atom stereocenters. The average molecular weight is 527 g/mol. The molecule has 0 spiro atoms. The molecule has 3 aromatic rings. The Morgan fingerprint density at radius 1 is 1.18 bits per heavy atom. The number of ether oxygens (including phenoxy) is 1. The zero-order valence-corrected chi connectivity index (χ0v) is 19.4. The number of nitrogens with zero attached hydrogens (tertiary/aromatic N) is 4. The molecule has 186 valence electrons. The van der Waals surface area contributed by atoms with E-state index in [0.29, 0.717) is 13.0 Å². The topological polar surface area (TPSA) is 76.9 Å². The zero-order valence-electron chi connectivity index (χ0n) is 18.9. The number of nitrogens with one attached hydrogen (secondary N) is 2. The van der Waals surface area contributed by atoms with Crippen molar-refractivity contribution in [3.63, 3.8) is 0 Å². The van der Waals surface area contributed by atoms with Crippen molar-refractivity contribution in [1.29, 1.82) is 0 Å². The van der Waals surface area contributed by atoms with Crippen LogP contribution < -0.4 is 27.8 Å². The van der Waals surface area contributed by atoms with E-state index in [0.717, 1.165) is 23.7 Å². The number of benzene rings is 1. The highest BCUT2D eigenvalue weighted by molar-refractivity contribution is 6.32. The van der Waals surface area contributed by atoms with Gasteiger partial charge in [0, 0.05) is 24.5 Å². The summed E-state index contributed by atoms with van der Waals surface area (Å²) in [4.78, 5) is 7.96. The van der Waals surface area contributed by atoms with E-state index in [9.17, 15) is 22.0 Å². The van der Waals surface area contributed by atoms with Crippen LogP contribution in [-0.2, 0) is 0 Å². The molecule has 0 saturated carbocycles. The first-order valence-electron chi connectivity index (χ1n) is 9.79. The molecule has 0 fully saturated rings. The van der Waals surface area contributed by atoms with E-state index < -0.39 is 46.0 Å². The van der Waals surface area contributed by atoms with Crippen molar-refractivity contribution < 1.29 is 40.5 Å². The quantitative estimate of drug-likeness (QED) is 0.251. The van der Waals surface area contributed by atoms with Crippen LogP contribution in [0.4, 0.5) is 27.8 Å². The van der Waals surface area contributed by atoms with E-state index in [1.807, 2.05) is 0 Å². The van der Waals surface area contributed by atoms with Gasteiger partial charge in [0.15, 0.2) is 0 Å². The fourth-order valence-electron chi connectivity index (χ4n) is 2.84. The second kappa shape index (κ2) is 11.6. The lowest BCUT2D eigenvalue weighted by Crippen LogP contribution is -3.00. The third kappa shape index (κ3) is 6.45. The van der Waals surface area contributed by atoms with Gasteiger partial charge in [-0.05, 0) is 33.0 Å². The SMILES string of the molecule is CNCCCOc1cc(F)c(-c2c(Cl)nc(-n3cccn3)nc2N[C@@H](C)C(F)(F)F)c(F)c1.[Cl-].[H+]. The van der Waals surface area contributed by atoms with Crippen molar-refractivity contribution >= 4 is 17.4 Å². The van der Waals surface area contributed by atoms with Gasteiger partial charge in [-0.2, -0.15) is 28.2 Å². The summed E-state index contributed by atoms with van der Waals surface area (Å²) < 4.78 is 76.0. The van der Waals surface area contributed by atoms with Gasteiger partial charge >= 0.3 is 7.60 Å². The maximum atomic E-state index is 15.0. The predicted octanol–water partition coefficient (Wildman–Crippen LogP) is 1.73. The van der Waals surface area contributed by atoms with Crippen LogP contribution in [0.5, 0.6) is 5.75 Å². The summed E-state index contributed by atoms with van der Waals surface area (Å²) in [7, 11) is 1.75. The number of halogens is 7. The van der Waals surface area contributed by atoms with E-state index in [-0.39, 0.29) is 32.1 Å². The summed E-state index contributed by atoms with van der Waals surface area (Å²) in [5, 5.41) is 8.48. The second-order valence-corrected chi connectivity index (χ2v) is 7.32. The normalized spacial score (nSPS) is 12.2.